The predicted molar refractivity (Wildman–Crippen MR) is 100 cm³/mol. The Labute approximate surface area is 167 Å². The molecular formula is C22H24F5NO. The molecule has 0 saturated carbocycles. The Bertz CT molecular complexity index is 801. The summed E-state index contributed by atoms with van der Waals surface area (Å²) in [5, 5.41) is 0. The zero-order chi connectivity index (χ0) is 21.1. The van der Waals surface area contributed by atoms with Crippen molar-refractivity contribution in [2.45, 2.75) is 51.1 Å². The van der Waals surface area contributed by atoms with E-state index in [4.69, 9.17) is 4.74 Å². The van der Waals surface area contributed by atoms with Gasteiger partial charge in [0.2, 0.25) is 0 Å². The lowest BCUT2D eigenvalue weighted by Gasteiger charge is -2.44. The Morgan fingerprint density at radius 3 is 2.31 bits per heavy atom. The number of ether oxygens (including phenoxy) is 1. The highest BCUT2D eigenvalue weighted by molar-refractivity contribution is 5.28. The Morgan fingerprint density at radius 2 is 1.69 bits per heavy atom. The molecular weight excluding hydrogens is 389 g/mol. The molecule has 29 heavy (non-hydrogen) atoms. The molecule has 7 heteroatoms. The highest BCUT2D eigenvalue weighted by Crippen LogP contribution is 2.33. The van der Waals surface area contributed by atoms with Crippen molar-refractivity contribution in [1.82, 2.24) is 4.90 Å². The lowest BCUT2D eigenvalue weighted by molar-refractivity contribution is -0.170. The molecule has 0 aliphatic carbocycles. The SMILES string of the molecule is CC1(OCc2ccccc2)CCCCN1CCc1c(F)cc(C(F)(F)F)cc1F. The van der Waals surface area contributed by atoms with E-state index in [0.29, 0.717) is 31.8 Å². The molecule has 0 amide bonds. The average Bonchev–Trinajstić information content (AvgIpc) is 2.67. The summed E-state index contributed by atoms with van der Waals surface area (Å²) in [4.78, 5) is 2.02. The van der Waals surface area contributed by atoms with Crippen LogP contribution in [0.5, 0.6) is 0 Å². The van der Waals surface area contributed by atoms with E-state index in [1.54, 1.807) is 0 Å². The second-order valence-electron chi connectivity index (χ2n) is 7.56. The van der Waals surface area contributed by atoms with E-state index in [1.807, 2.05) is 42.2 Å². The topological polar surface area (TPSA) is 12.5 Å². The normalized spacial score (nSPS) is 20.8. The smallest absolute Gasteiger partial charge is 0.356 e. The Morgan fingerprint density at radius 1 is 1.03 bits per heavy atom. The minimum Gasteiger partial charge on any atom is -0.356 e. The number of benzene rings is 2. The largest absolute Gasteiger partial charge is 0.416 e. The van der Waals surface area contributed by atoms with Gasteiger partial charge in [-0.25, -0.2) is 8.78 Å². The minimum absolute atomic E-state index is 0.0277. The van der Waals surface area contributed by atoms with E-state index in [2.05, 4.69) is 0 Å². The lowest BCUT2D eigenvalue weighted by atomic mass is 9.98. The third-order valence-electron chi connectivity index (χ3n) is 5.48. The number of rotatable bonds is 6. The van der Waals surface area contributed by atoms with E-state index in [9.17, 15) is 22.0 Å². The zero-order valence-corrected chi connectivity index (χ0v) is 16.2. The molecule has 2 aromatic carbocycles. The molecule has 1 unspecified atom stereocenters. The molecule has 0 spiro atoms. The van der Waals surface area contributed by atoms with Gasteiger partial charge in [0.05, 0.1) is 12.2 Å². The molecule has 1 aliphatic heterocycles. The highest BCUT2D eigenvalue weighted by Gasteiger charge is 2.36. The van der Waals surface area contributed by atoms with Gasteiger partial charge in [-0.05, 0) is 50.3 Å². The molecule has 1 saturated heterocycles. The van der Waals surface area contributed by atoms with E-state index in [1.165, 1.54) is 0 Å². The second kappa shape index (κ2) is 8.79. The molecule has 1 heterocycles. The summed E-state index contributed by atoms with van der Waals surface area (Å²) in [6.07, 6.45) is -2.12. The molecule has 1 aliphatic rings. The minimum atomic E-state index is -4.78. The van der Waals surface area contributed by atoms with Crippen molar-refractivity contribution in [3.63, 3.8) is 0 Å². The van der Waals surface area contributed by atoms with Gasteiger partial charge >= 0.3 is 6.18 Å². The number of alkyl halides is 3. The molecule has 3 rings (SSSR count). The monoisotopic (exact) mass is 413 g/mol. The molecule has 0 bridgehead atoms. The van der Waals surface area contributed by atoms with Crippen LogP contribution >= 0.6 is 0 Å². The van der Waals surface area contributed by atoms with Crippen molar-refractivity contribution in [3.8, 4) is 0 Å². The van der Waals surface area contributed by atoms with Crippen molar-refractivity contribution in [1.29, 1.82) is 0 Å². The first-order chi connectivity index (χ1) is 13.7. The molecule has 0 N–H and O–H groups in total. The summed E-state index contributed by atoms with van der Waals surface area (Å²) in [7, 11) is 0. The third kappa shape index (κ3) is 5.34. The standard InChI is InChI=1S/C22H24F5NO/c1-21(29-15-16-7-3-2-4-8-16)10-5-6-11-28(21)12-9-18-19(23)13-17(14-20(18)24)22(25,26)27/h2-4,7-8,13-14H,5-6,9-12,15H2,1H3. The first-order valence-corrected chi connectivity index (χ1v) is 9.67. The van der Waals surface area contributed by atoms with Gasteiger partial charge in [-0.1, -0.05) is 30.3 Å². The van der Waals surface area contributed by atoms with Crippen molar-refractivity contribution in [2.24, 2.45) is 0 Å². The van der Waals surface area contributed by atoms with Gasteiger partial charge in [0.1, 0.15) is 17.4 Å². The number of likely N-dealkylation sites (tertiary alicyclic amines) is 1. The van der Waals surface area contributed by atoms with E-state index in [-0.39, 0.29) is 12.0 Å². The molecule has 1 fully saturated rings. The van der Waals surface area contributed by atoms with Crippen LogP contribution in [0.3, 0.4) is 0 Å². The van der Waals surface area contributed by atoms with E-state index >= 15 is 0 Å². The van der Waals surface area contributed by atoms with Gasteiger partial charge in [-0.2, -0.15) is 13.2 Å². The number of piperidine rings is 1. The lowest BCUT2D eigenvalue weighted by Crippen LogP contribution is -2.52. The summed E-state index contributed by atoms with van der Waals surface area (Å²) >= 11 is 0. The van der Waals surface area contributed by atoms with Crippen molar-refractivity contribution in [2.75, 3.05) is 13.1 Å². The van der Waals surface area contributed by atoms with Gasteiger partial charge < -0.3 is 4.74 Å². The van der Waals surface area contributed by atoms with Crippen LogP contribution in [-0.4, -0.2) is 23.7 Å². The van der Waals surface area contributed by atoms with E-state index in [0.717, 1.165) is 24.8 Å². The molecule has 158 valence electrons. The van der Waals surface area contributed by atoms with Crippen LogP contribution in [0.1, 0.15) is 42.9 Å². The van der Waals surface area contributed by atoms with Crippen LogP contribution < -0.4 is 0 Å². The molecule has 2 aromatic rings. The van der Waals surface area contributed by atoms with Crippen molar-refractivity contribution >= 4 is 0 Å². The third-order valence-corrected chi connectivity index (χ3v) is 5.48. The number of halogens is 5. The highest BCUT2D eigenvalue weighted by atomic mass is 19.4. The maximum atomic E-state index is 14.2. The van der Waals surface area contributed by atoms with Crippen LogP contribution in [0.4, 0.5) is 22.0 Å². The molecule has 2 nitrogen and oxygen atoms in total. The summed E-state index contributed by atoms with van der Waals surface area (Å²) in [6.45, 7) is 3.37. The fraction of sp³-hybridized carbons (Fsp3) is 0.455. The second-order valence-corrected chi connectivity index (χ2v) is 7.56. The number of hydrogen-bond acceptors (Lipinski definition) is 2. The average molecular weight is 413 g/mol. The number of nitrogens with zero attached hydrogens (tertiary/aromatic N) is 1. The Hall–Kier alpha value is -1.99. The van der Waals surface area contributed by atoms with Crippen LogP contribution in [0.15, 0.2) is 42.5 Å². The summed E-state index contributed by atoms with van der Waals surface area (Å²) in [6, 6.07) is 10.4. The molecule has 0 aromatic heterocycles. The van der Waals surface area contributed by atoms with Crippen molar-refractivity contribution in [3.05, 3.63) is 70.8 Å². The maximum Gasteiger partial charge on any atom is 0.416 e. The summed E-state index contributed by atoms with van der Waals surface area (Å²) in [5.74, 6) is -2.33. The first-order valence-electron chi connectivity index (χ1n) is 9.67. The number of hydrogen-bond donors (Lipinski definition) is 0. The van der Waals surface area contributed by atoms with Gasteiger partial charge in [0.25, 0.3) is 0 Å². The predicted octanol–water partition coefficient (Wildman–Crippen LogP) is 5.95. The Kier molecular flexibility index (Phi) is 6.58. The zero-order valence-electron chi connectivity index (χ0n) is 16.2. The fourth-order valence-electron chi connectivity index (χ4n) is 3.73. The first kappa shape index (κ1) is 21.7. The van der Waals surface area contributed by atoms with Gasteiger partial charge in [0.15, 0.2) is 0 Å². The van der Waals surface area contributed by atoms with Crippen LogP contribution in [0, 0.1) is 11.6 Å². The van der Waals surface area contributed by atoms with Gasteiger partial charge in [-0.3, -0.25) is 4.90 Å². The maximum absolute atomic E-state index is 14.2. The van der Waals surface area contributed by atoms with Gasteiger partial charge in [-0.15, -0.1) is 0 Å². The Balaban J connectivity index is 1.69. The van der Waals surface area contributed by atoms with Gasteiger partial charge in [0, 0.05) is 18.7 Å². The molecule has 1 atom stereocenters. The summed E-state index contributed by atoms with van der Waals surface area (Å²) < 4.78 is 72.7. The quantitative estimate of drug-likeness (QED) is 0.543. The summed E-state index contributed by atoms with van der Waals surface area (Å²) in [5.41, 5.74) is -1.20. The van der Waals surface area contributed by atoms with E-state index < -0.39 is 29.1 Å². The van der Waals surface area contributed by atoms with Crippen LogP contribution in [0.25, 0.3) is 0 Å². The fourth-order valence-corrected chi connectivity index (χ4v) is 3.73. The molecule has 0 radical (unpaired) electrons. The van der Waals surface area contributed by atoms with Crippen LogP contribution in [-0.2, 0) is 23.9 Å². The van der Waals surface area contributed by atoms with Crippen LogP contribution in [0.2, 0.25) is 0 Å². The van der Waals surface area contributed by atoms with Crippen molar-refractivity contribution < 1.29 is 26.7 Å².